The van der Waals surface area contributed by atoms with Crippen molar-refractivity contribution in [3.63, 3.8) is 0 Å². The van der Waals surface area contributed by atoms with E-state index in [1.54, 1.807) is 18.0 Å². The lowest BCUT2D eigenvalue weighted by atomic mass is 10.2. The second-order valence-electron chi connectivity index (χ2n) is 3.83. The van der Waals surface area contributed by atoms with Gasteiger partial charge in [0, 0.05) is 23.0 Å². The third kappa shape index (κ3) is 3.86. The first-order chi connectivity index (χ1) is 8.77. The molecule has 18 heavy (non-hydrogen) atoms. The van der Waals surface area contributed by atoms with Crippen molar-refractivity contribution in [2.75, 3.05) is 12.3 Å². The Bertz CT molecular complexity index is 476. The summed E-state index contributed by atoms with van der Waals surface area (Å²) in [5.74, 6) is 1.94. The third-order valence-corrected chi connectivity index (χ3v) is 4.40. The van der Waals surface area contributed by atoms with Gasteiger partial charge in [0.05, 0.1) is 12.3 Å². The summed E-state index contributed by atoms with van der Waals surface area (Å²) in [6.45, 7) is 3.01. The van der Waals surface area contributed by atoms with Crippen molar-refractivity contribution in [2.24, 2.45) is 0 Å². The van der Waals surface area contributed by atoms with Crippen LogP contribution in [-0.2, 0) is 0 Å². The third-order valence-electron chi connectivity index (χ3n) is 2.49. The van der Waals surface area contributed by atoms with Gasteiger partial charge in [-0.2, -0.15) is 0 Å². The maximum absolute atomic E-state index is 5.34. The van der Waals surface area contributed by atoms with Crippen LogP contribution in [0.2, 0.25) is 0 Å². The monoisotopic (exact) mass is 326 g/mol. The van der Waals surface area contributed by atoms with Crippen LogP contribution in [0, 0.1) is 0 Å². The number of hydrogen-bond acceptors (Lipinski definition) is 4. The number of furan rings is 1. The number of hydrogen-bond donors (Lipinski definition) is 1. The predicted molar refractivity (Wildman–Crippen MR) is 77.8 cm³/mol. The molecule has 3 nitrogen and oxygen atoms in total. The van der Waals surface area contributed by atoms with Gasteiger partial charge in [-0.05, 0) is 47.1 Å². The zero-order chi connectivity index (χ0) is 12.8. The van der Waals surface area contributed by atoms with E-state index in [0.29, 0.717) is 0 Å². The fourth-order valence-electron chi connectivity index (χ4n) is 1.54. The Morgan fingerprint density at radius 2 is 2.33 bits per heavy atom. The number of nitrogens with zero attached hydrogens (tertiary/aromatic N) is 1. The normalized spacial score (nSPS) is 12.6. The molecular weight excluding hydrogens is 312 g/mol. The van der Waals surface area contributed by atoms with Gasteiger partial charge in [-0.25, -0.2) is 4.98 Å². The summed E-state index contributed by atoms with van der Waals surface area (Å²) in [6, 6.07) is 8.07. The molecule has 0 spiro atoms. The molecule has 96 valence electrons. The summed E-state index contributed by atoms with van der Waals surface area (Å²) in [7, 11) is 0. The minimum absolute atomic E-state index is 0.243. The quantitative estimate of drug-likeness (QED) is 0.645. The molecule has 2 aromatic rings. The topological polar surface area (TPSA) is 38.1 Å². The minimum Gasteiger partial charge on any atom is -0.468 e. The predicted octanol–water partition coefficient (Wildman–Crippen LogP) is 3.88. The van der Waals surface area contributed by atoms with E-state index in [4.69, 9.17) is 4.42 Å². The fourth-order valence-corrected chi connectivity index (χ4v) is 2.89. The molecule has 0 amide bonds. The number of aromatic nitrogens is 1. The highest BCUT2D eigenvalue weighted by molar-refractivity contribution is 9.10. The van der Waals surface area contributed by atoms with Crippen LogP contribution >= 0.6 is 27.7 Å². The first-order valence-corrected chi connectivity index (χ1v) is 7.55. The molecule has 0 aromatic carbocycles. The standard InChI is InChI=1S/C13H15BrN2OS/c1-10(12-5-3-8-17-12)15-7-9-18-13-11(14)4-2-6-16-13/h2-6,8,10,15H,7,9H2,1H3. The first-order valence-electron chi connectivity index (χ1n) is 5.77. The van der Waals surface area contributed by atoms with Gasteiger partial charge in [-0.15, -0.1) is 11.8 Å². The van der Waals surface area contributed by atoms with Crippen molar-refractivity contribution in [3.8, 4) is 0 Å². The summed E-state index contributed by atoms with van der Waals surface area (Å²) >= 11 is 5.23. The molecule has 1 atom stereocenters. The van der Waals surface area contributed by atoms with Gasteiger partial charge < -0.3 is 9.73 Å². The van der Waals surface area contributed by atoms with Crippen LogP contribution in [-0.4, -0.2) is 17.3 Å². The van der Waals surface area contributed by atoms with E-state index in [2.05, 4.69) is 33.2 Å². The number of nitrogens with one attached hydrogen (secondary N) is 1. The van der Waals surface area contributed by atoms with Crippen molar-refractivity contribution >= 4 is 27.7 Å². The highest BCUT2D eigenvalue weighted by atomic mass is 79.9. The van der Waals surface area contributed by atoms with E-state index in [1.165, 1.54) is 0 Å². The summed E-state index contributed by atoms with van der Waals surface area (Å²) in [4.78, 5) is 4.31. The average molecular weight is 327 g/mol. The van der Waals surface area contributed by atoms with Gasteiger partial charge in [0.15, 0.2) is 0 Å². The molecule has 0 saturated heterocycles. The Morgan fingerprint density at radius 3 is 3.06 bits per heavy atom. The Balaban J connectivity index is 1.72. The molecule has 0 aliphatic rings. The summed E-state index contributed by atoms with van der Waals surface area (Å²) in [6.07, 6.45) is 3.51. The molecule has 2 heterocycles. The largest absolute Gasteiger partial charge is 0.468 e. The van der Waals surface area contributed by atoms with Gasteiger partial charge >= 0.3 is 0 Å². The summed E-state index contributed by atoms with van der Waals surface area (Å²) in [5.41, 5.74) is 0. The first kappa shape index (κ1) is 13.6. The molecule has 1 N–H and O–H groups in total. The van der Waals surface area contributed by atoms with Gasteiger partial charge in [-0.3, -0.25) is 0 Å². The Kier molecular flexibility index (Phi) is 5.28. The number of thioether (sulfide) groups is 1. The van der Waals surface area contributed by atoms with Crippen LogP contribution in [0.1, 0.15) is 18.7 Å². The van der Waals surface area contributed by atoms with Crippen molar-refractivity contribution in [1.29, 1.82) is 0 Å². The highest BCUT2D eigenvalue weighted by Crippen LogP contribution is 2.24. The summed E-state index contributed by atoms with van der Waals surface area (Å²) < 4.78 is 6.39. The van der Waals surface area contributed by atoms with E-state index >= 15 is 0 Å². The smallest absolute Gasteiger partial charge is 0.120 e. The van der Waals surface area contributed by atoms with Gasteiger partial charge in [0.2, 0.25) is 0 Å². The maximum atomic E-state index is 5.34. The Labute approximate surface area is 120 Å². The van der Waals surface area contributed by atoms with Gasteiger partial charge in [-0.1, -0.05) is 0 Å². The zero-order valence-corrected chi connectivity index (χ0v) is 12.5. The minimum atomic E-state index is 0.243. The van der Waals surface area contributed by atoms with Crippen molar-refractivity contribution in [1.82, 2.24) is 10.3 Å². The second kappa shape index (κ2) is 6.97. The van der Waals surface area contributed by atoms with Gasteiger partial charge in [0.25, 0.3) is 0 Å². The van der Waals surface area contributed by atoms with E-state index in [0.717, 1.165) is 27.6 Å². The van der Waals surface area contributed by atoms with E-state index < -0.39 is 0 Å². The van der Waals surface area contributed by atoms with E-state index in [1.807, 2.05) is 30.5 Å². The highest BCUT2D eigenvalue weighted by Gasteiger charge is 2.07. The molecule has 2 aromatic heterocycles. The van der Waals surface area contributed by atoms with Crippen LogP contribution in [0.4, 0.5) is 0 Å². The zero-order valence-electron chi connectivity index (χ0n) is 10.1. The number of halogens is 1. The molecule has 1 unspecified atom stereocenters. The van der Waals surface area contributed by atoms with E-state index in [9.17, 15) is 0 Å². The molecule has 5 heteroatoms. The molecular formula is C13H15BrN2OS. The van der Waals surface area contributed by atoms with Crippen molar-refractivity contribution in [3.05, 3.63) is 47.0 Å². The molecule has 0 radical (unpaired) electrons. The van der Waals surface area contributed by atoms with Gasteiger partial charge in [0.1, 0.15) is 10.8 Å². The fraction of sp³-hybridized carbons (Fsp3) is 0.308. The van der Waals surface area contributed by atoms with Crippen LogP contribution in [0.3, 0.4) is 0 Å². The van der Waals surface area contributed by atoms with Crippen LogP contribution in [0.5, 0.6) is 0 Å². The lowest BCUT2D eigenvalue weighted by molar-refractivity contribution is 0.438. The van der Waals surface area contributed by atoms with E-state index in [-0.39, 0.29) is 6.04 Å². The molecule has 0 aliphatic carbocycles. The van der Waals surface area contributed by atoms with Crippen molar-refractivity contribution < 1.29 is 4.42 Å². The number of rotatable bonds is 6. The SMILES string of the molecule is CC(NCCSc1ncccc1Br)c1ccco1. The Morgan fingerprint density at radius 1 is 1.44 bits per heavy atom. The second-order valence-corrected chi connectivity index (χ2v) is 5.77. The lowest BCUT2D eigenvalue weighted by Crippen LogP contribution is -2.20. The average Bonchev–Trinajstić information content (AvgIpc) is 2.90. The molecule has 0 fully saturated rings. The lowest BCUT2D eigenvalue weighted by Gasteiger charge is -2.10. The molecule has 0 aliphatic heterocycles. The van der Waals surface area contributed by atoms with Crippen LogP contribution in [0.15, 0.2) is 50.6 Å². The van der Waals surface area contributed by atoms with Crippen molar-refractivity contribution in [2.45, 2.75) is 18.0 Å². The Hall–Kier alpha value is -0.780. The van der Waals surface area contributed by atoms with Crippen LogP contribution < -0.4 is 5.32 Å². The maximum Gasteiger partial charge on any atom is 0.120 e. The summed E-state index contributed by atoms with van der Waals surface area (Å²) in [5, 5.41) is 4.45. The van der Waals surface area contributed by atoms with Crippen LogP contribution in [0.25, 0.3) is 0 Å². The molecule has 2 rings (SSSR count). The number of pyridine rings is 1. The molecule has 0 bridgehead atoms. The molecule has 0 saturated carbocycles.